The van der Waals surface area contributed by atoms with Gasteiger partial charge in [0.1, 0.15) is 4.34 Å². The summed E-state index contributed by atoms with van der Waals surface area (Å²) in [5, 5.41) is 4.24. The summed E-state index contributed by atoms with van der Waals surface area (Å²) in [6, 6.07) is 3.74. The van der Waals surface area contributed by atoms with E-state index in [1.165, 1.54) is 11.3 Å². The summed E-state index contributed by atoms with van der Waals surface area (Å²) >= 11 is 13.2. The molecule has 2 aromatic heterocycles. The molecule has 2 aromatic rings. The van der Waals surface area contributed by atoms with Crippen molar-refractivity contribution in [1.29, 1.82) is 0 Å². The predicted octanol–water partition coefficient (Wildman–Crippen LogP) is 3.46. The summed E-state index contributed by atoms with van der Waals surface area (Å²) in [7, 11) is 1.87. The predicted molar refractivity (Wildman–Crippen MR) is 56.5 cm³/mol. The molecule has 0 N–H and O–H groups in total. The zero-order valence-electron chi connectivity index (χ0n) is 6.79. The van der Waals surface area contributed by atoms with Gasteiger partial charge in [-0.05, 0) is 12.1 Å². The molecule has 0 bridgehead atoms. The molecular weight excluding hydrogens is 227 g/mol. The number of nitrogens with zero attached hydrogens (tertiary/aromatic N) is 2. The summed E-state index contributed by atoms with van der Waals surface area (Å²) in [6.45, 7) is 0. The van der Waals surface area contributed by atoms with Crippen LogP contribution >= 0.6 is 34.5 Å². The van der Waals surface area contributed by atoms with Gasteiger partial charge in [0.2, 0.25) is 0 Å². The number of rotatable bonds is 1. The van der Waals surface area contributed by atoms with Gasteiger partial charge in [0.25, 0.3) is 0 Å². The molecule has 2 heterocycles. The van der Waals surface area contributed by atoms with Crippen molar-refractivity contribution in [2.75, 3.05) is 0 Å². The second-order valence-corrected chi connectivity index (χ2v) is 4.90. The van der Waals surface area contributed by atoms with Crippen LogP contribution in [-0.2, 0) is 7.05 Å². The highest BCUT2D eigenvalue weighted by Crippen LogP contribution is 2.37. The highest BCUT2D eigenvalue weighted by atomic mass is 35.5. The van der Waals surface area contributed by atoms with Gasteiger partial charge in [-0.25, -0.2) is 0 Å². The maximum absolute atomic E-state index is 5.97. The van der Waals surface area contributed by atoms with Crippen LogP contribution < -0.4 is 0 Å². The Morgan fingerprint density at radius 2 is 2.23 bits per heavy atom. The van der Waals surface area contributed by atoms with Gasteiger partial charge in [-0.3, -0.25) is 4.68 Å². The van der Waals surface area contributed by atoms with E-state index in [2.05, 4.69) is 5.10 Å². The fourth-order valence-electron chi connectivity index (χ4n) is 1.07. The van der Waals surface area contributed by atoms with E-state index < -0.39 is 0 Å². The van der Waals surface area contributed by atoms with Crippen molar-refractivity contribution in [3.05, 3.63) is 27.0 Å². The van der Waals surface area contributed by atoms with Crippen molar-refractivity contribution in [1.82, 2.24) is 9.78 Å². The first-order chi connectivity index (χ1) is 6.16. The fourth-order valence-corrected chi connectivity index (χ4v) is 2.55. The molecule has 0 unspecified atom stereocenters. The van der Waals surface area contributed by atoms with Gasteiger partial charge in [-0.2, -0.15) is 5.10 Å². The molecule has 0 aromatic carbocycles. The van der Waals surface area contributed by atoms with Crippen LogP contribution in [0.25, 0.3) is 11.3 Å². The lowest BCUT2D eigenvalue weighted by atomic mass is 10.2. The van der Waals surface area contributed by atoms with Gasteiger partial charge < -0.3 is 0 Å². The molecular formula is C8H6Cl2N2S. The van der Waals surface area contributed by atoms with E-state index in [0.29, 0.717) is 8.67 Å². The van der Waals surface area contributed by atoms with Crippen LogP contribution in [0.15, 0.2) is 18.3 Å². The topological polar surface area (TPSA) is 17.8 Å². The fraction of sp³-hybridized carbons (Fsp3) is 0.125. The molecule has 0 amide bonds. The van der Waals surface area contributed by atoms with Crippen LogP contribution in [0, 0.1) is 0 Å². The summed E-state index contributed by atoms with van der Waals surface area (Å²) in [6.07, 6.45) is 1.87. The van der Waals surface area contributed by atoms with E-state index in [4.69, 9.17) is 23.2 Å². The van der Waals surface area contributed by atoms with Gasteiger partial charge in [0, 0.05) is 18.8 Å². The third kappa shape index (κ3) is 1.73. The molecule has 0 saturated heterocycles. The Kier molecular flexibility index (Phi) is 2.32. The summed E-state index contributed by atoms with van der Waals surface area (Å²) in [4.78, 5) is 0. The molecule has 0 radical (unpaired) electrons. The van der Waals surface area contributed by atoms with Gasteiger partial charge >= 0.3 is 0 Å². The van der Waals surface area contributed by atoms with E-state index in [1.807, 2.05) is 25.4 Å². The normalized spacial score (nSPS) is 10.7. The molecule has 2 nitrogen and oxygen atoms in total. The second kappa shape index (κ2) is 3.33. The van der Waals surface area contributed by atoms with Gasteiger partial charge in [0.15, 0.2) is 0 Å². The first-order valence-corrected chi connectivity index (χ1v) is 5.19. The average Bonchev–Trinajstić information content (AvgIpc) is 2.58. The van der Waals surface area contributed by atoms with Gasteiger partial charge in [-0.15, -0.1) is 11.3 Å². The van der Waals surface area contributed by atoms with E-state index in [-0.39, 0.29) is 0 Å². The van der Waals surface area contributed by atoms with Crippen LogP contribution in [0.5, 0.6) is 0 Å². The molecule has 0 aliphatic heterocycles. The van der Waals surface area contributed by atoms with Crippen molar-refractivity contribution in [2.45, 2.75) is 0 Å². The van der Waals surface area contributed by atoms with Crippen LogP contribution in [-0.4, -0.2) is 9.78 Å². The largest absolute Gasteiger partial charge is 0.275 e. The first kappa shape index (κ1) is 9.06. The maximum Gasteiger partial charge on any atom is 0.104 e. The van der Waals surface area contributed by atoms with Crippen LogP contribution in [0.4, 0.5) is 0 Å². The van der Waals surface area contributed by atoms with E-state index >= 15 is 0 Å². The summed E-state index contributed by atoms with van der Waals surface area (Å²) in [5.74, 6) is 0. The van der Waals surface area contributed by atoms with Gasteiger partial charge in [0.05, 0.1) is 10.0 Å². The Morgan fingerprint density at radius 1 is 1.46 bits per heavy atom. The number of aromatic nitrogens is 2. The molecule has 2 rings (SSSR count). The number of thiophene rings is 1. The van der Waals surface area contributed by atoms with Crippen molar-refractivity contribution in [3.63, 3.8) is 0 Å². The van der Waals surface area contributed by atoms with Crippen LogP contribution in [0.2, 0.25) is 8.67 Å². The lowest BCUT2D eigenvalue weighted by molar-refractivity contribution is 0.771. The zero-order chi connectivity index (χ0) is 9.42. The molecule has 0 aliphatic rings. The SMILES string of the molecule is Cn1ccc(-c2cc(Cl)sc2Cl)n1. The minimum absolute atomic E-state index is 0.684. The van der Waals surface area contributed by atoms with Crippen molar-refractivity contribution in [3.8, 4) is 11.3 Å². The highest BCUT2D eigenvalue weighted by Gasteiger charge is 2.09. The molecule has 0 saturated carbocycles. The summed E-state index contributed by atoms with van der Waals surface area (Å²) < 4.78 is 3.10. The Bertz CT molecular complexity index is 433. The lowest BCUT2D eigenvalue weighted by Gasteiger charge is -1.90. The van der Waals surface area contributed by atoms with E-state index in [1.54, 1.807) is 4.68 Å². The van der Waals surface area contributed by atoms with Crippen LogP contribution in [0.3, 0.4) is 0 Å². The average molecular weight is 233 g/mol. The number of hydrogen-bond donors (Lipinski definition) is 0. The van der Waals surface area contributed by atoms with Gasteiger partial charge in [-0.1, -0.05) is 23.2 Å². The molecule has 0 atom stereocenters. The second-order valence-electron chi connectivity index (χ2n) is 2.61. The summed E-state index contributed by atoms with van der Waals surface area (Å²) in [5.41, 5.74) is 1.76. The third-order valence-corrected chi connectivity index (χ3v) is 3.13. The molecule has 5 heteroatoms. The minimum Gasteiger partial charge on any atom is -0.275 e. The molecule has 0 aliphatic carbocycles. The van der Waals surface area contributed by atoms with E-state index in [0.717, 1.165) is 11.3 Å². The highest BCUT2D eigenvalue weighted by molar-refractivity contribution is 7.20. The van der Waals surface area contributed by atoms with Crippen molar-refractivity contribution in [2.24, 2.45) is 7.05 Å². The van der Waals surface area contributed by atoms with Crippen molar-refractivity contribution >= 4 is 34.5 Å². The number of hydrogen-bond acceptors (Lipinski definition) is 2. The molecule has 68 valence electrons. The van der Waals surface area contributed by atoms with Crippen LogP contribution in [0.1, 0.15) is 0 Å². The zero-order valence-corrected chi connectivity index (χ0v) is 9.12. The molecule has 0 fully saturated rings. The number of halogens is 2. The van der Waals surface area contributed by atoms with Crippen molar-refractivity contribution < 1.29 is 0 Å². The standard InChI is InChI=1S/C8H6Cl2N2S/c1-12-3-2-6(11-12)5-4-7(9)13-8(5)10/h2-4H,1H3. The lowest BCUT2D eigenvalue weighted by Crippen LogP contribution is -1.86. The quantitative estimate of drug-likeness (QED) is 0.737. The smallest absolute Gasteiger partial charge is 0.104 e. The number of aryl methyl sites for hydroxylation is 1. The Labute approximate surface area is 89.7 Å². The maximum atomic E-state index is 5.97. The molecule has 13 heavy (non-hydrogen) atoms. The van der Waals surface area contributed by atoms with E-state index in [9.17, 15) is 0 Å². The third-order valence-electron chi connectivity index (χ3n) is 1.65. The molecule has 0 spiro atoms. The first-order valence-electron chi connectivity index (χ1n) is 3.61. The Balaban J connectivity index is 2.51. The Morgan fingerprint density at radius 3 is 2.69 bits per heavy atom. The Hall–Kier alpha value is -0.510. The minimum atomic E-state index is 0.684. The monoisotopic (exact) mass is 232 g/mol.